The lowest BCUT2D eigenvalue weighted by molar-refractivity contribution is 0.0728. The first-order chi connectivity index (χ1) is 12.0. The molecule has 4 heteroatoms. The average Bonchev–Trinajstić information content (AvgIpc) is 2.60. The minimum atomic E-state index is -1.21. The second-order valence-corrected chi connectivity index (χ2v) is 5.86. The van der Waals surface area contributed by atoms with Crippen LogP contribution in [0.25, 0.3) is 11.1 Å². The number of carbonyl (C=O) groups is 1. The fourth-order valence-corrected chi connectivity index (χ4v) is 2.43. The van der Waals surface area contributed by atoms with Crippen molar-refractivity contribution in [3.05, 3.63) is 89.0 Å². The van der Waals surface area contributed by atoms with Crippen molar-refractivity contribution in [2.45, 2.75) is 13.8 Å². The number of benzene rings is 3. The number of halogens is 2. The third-order valence-corrected chi connectivity index (χ3v) is 3.90. The normalized spacial score (nSPS) is 10.6. The molecule has 0 bridgehead atoms. The number of hydrogen-bond acceptors (Lipinski definition) is 2. The van der Waals surface area contributed by atoms with Gasteiger partial charge in [0.15, 0.2) is 11.6 Å². The topological polar surface area (TPSA) is 26.3 Å². The molecule has 0 fully saturated rings. The van der Waals surface area contributed by atoms with E-state index in [1.807, 2.05) is 26.0 Å². The highest BCUT2D eigenvalue weighted by molar-refractivity contribution is 5.92. The molecule has 0 N–H and O–H groups in total. The summed E-state index contributed by atoms with van der Waals surface area (Å²) in [5, 5.41) is 0. The van der Waals surface area contributed by atoms with E-state index in [0.717, 1.165) is 11.1 Å². The molecule has 0 atom stereocenters. The van der Waals surface area contributed by atoms with Gasteiger partial charge in [-0.3, -0.25) is 0 Å². The number of aryl methyl sites for hydroxylation is 2. The highest BCUT2D eigenvalue weighted by Crippen LogP contribution is 2.27. The van der Waals surface area contributed by atoms with E-state index in [2.05, 4.69) is 0 Å². The molecule has 0 aliphatic carbocycles. The molecular formula is C21H16F2O2. The maximum Gasteiger partial charge on any atom is 0.346 e. The zero-order valence-corrected chi connectivity index (χ0v) is 13.8. The molecule has 0 heterocycles. The van der Waals surface area contributed by atoms with Crippen LogP contribution in [0.3, 0.4) is 0 Å². The predicted octanol–water partition coefficient (Wildman–Crippen LogP) is 5.47. The van der Waals surface area contributed by atoms with Crippen molar-refractivity contribution < 1.29 is 18.3 Å². The molecule has 0 amide bonds. The third-order valence-electron chi connectivity index (χ3n) is 3.90. The summed E-state index contributed by atoms with van der Waals surface area (Å²) in [6.07, 6.45) is 0. The van der Waals surface area contributed by atoms with Gasteiger partial charge in [0.1, 0.15) is 5.75 Å². The number of ether oxygens (including phenoxy) is 1. The molecule has 0 unspecified atom stereocenters. The van der Waals surface area contributed by atoms with Crippen LogP contribution in [-0.4, -0.2) is 5.97 Å². The van der Waals surface area contributed by atoms with E-state index in [0.29, 0.717) is 5.56 Å². The lowest BCUT2D eigenvalue weighted by Gasteiger charge is -2.09. The fourth-order valence-electron chi connectivity index (χ4n) is 2.43. The standard InChI is InChI=1S/C21H16F2O2/c1-13-3-7-15(8-4-13)17-11-12-18(20(23)19(17)22)21(24)25-16-9-5-14(2)6-10-16/h3-12H,1-2H3. The maximum absolute atomic E-state index is 14.4. The Morgan fingerprint density at radius 1 is 0.760 bits per heavy atom. The van der Waals surface area contributed by atoms with Crippen LogP contribution < -0.4 is 4.74 Å². The van der Waals surface area contributed by atoms with Crippen molar-refractivity contribution in [3.63, 3.8) is 0 Å². The van der Waals surface area contributed by atoms with Crippen LogP contribution >= 0.6 is 0 Å². The summed E-state index contributed by atoms with van der Waals surface area (Å²) in [7, 11) is 0. The summed E-state index contributed by atoms with van der Waals surface area (Å²) >= 11 is 0. The molecule has 0 spiro atoms. The van der Waals surface area contributed by atoms with Crippen LogP contribution in [0.5, 0.6) is 5.75 Å². The van der Waals surface area contributed by atoms with E-state index in [-0.39, 0.29) is 11.3 Å². The monoisotopic (exact) mass is 338 g/mol. The minimum absolute atomic E-state index is 0.101. The van der Waals surface area contributed by atoms with Gasteiger partial charge in [0.25, 0.3) is 0 Å². The van der Waals surface area contributed by atoms with E-state index in [1.165, 1.54) is 12.1 Å². The molecule has 0 aliphatic heterocycles. The molecule has 0 radical (unpaired) electrons. The van der Waals surface area contributed by atoms with Gasteiger partial charge in [0.2, 0.25) is 0 Å². The molecule has 0 saturated heterocycles. The van der Waals surface area contributed by atoms with E-state index >= 15 is 0 Å². The number of carbonyl (C=O) groups excluding carboxylic acids is 1. The lowest BCUT2D eigenvalue weighted by Crippen LogP contribution is -2.12. The highest BCUT2D eigenvalue weighted by atomic mass is 19.2. The Balaban J connectivity index is 1.90. The second kappa shape index (κ2) is 6.85. The first kappa shape index (κ1) is 16.8. The van der Waals surface area contributed by atoms with E-state index in [1.54, 1.807) is 36.4 Å². The van der Waals surface area contributed by atoms with E-state index in [9.17, 15) is 13.6 Å². The number of esters is 1. The first-order valence-electron chi connectivity index (χ1n) is 7.79. The molecule has 25 heavy (non-hydrogen) atoms. The Labute approximate surface area is 144 Å². The van der Waals surface area contributed by atoms with Gasteiger partial charge < -0.3 is 4.74 Å². The summed E-state index contributed by atoms with van der Waals surface area (Å²) in [4.78, 5) is 12.1. The van der Waals surface area contributed by atoms with Gasteiger partial charge in [-0.1, -0.05) is 53.6 Å². The SMILES string of the molecule is Cc1ccc(OC(=O)c2ccc(-c3ccc(C)cc3)c(F)c2F)cc1. The summed E-state index contributed by atoms with van der Waals surface area (Å²) < 4.78 is 33.9. The number of hydrogen-bond donors (Lipinski definition) is 0. The van der Waals surface area contributed by atoms with Crippen LogP contribution in [0.1, 0.15) is 21.5 Å². The summed E-state index contributed by atoms with van der Waals surface area (Å²) in [5.74, 6) is -2.94. The van der Waals surface area contributed by atoms with Gasteiger partial charge in [-0.15, -0.1) is 0 Å². The van der Waals surface area contributed by atoms with Crippen LogP contribution in [0.15, 0.2) is 60.7 Å². The highest BCUT2D eigenvalue weighted by Gasteiger charge is 2.21. The Bertz CT molecular complexity index is 914. The van der Waals surface area contributed by atoms with Crippen molar-refractivity contribution in [2.24, 2.45) is 0 Å². The Kier molecular flexibility index (Phi) is 4.61. The van der Waals surface area contributed by atoms with Gasteiger partial charge in [0, 0.05) is 5.56 Å². The third kappa shape index (κ3) is 3.58. The van der Waals surface area contributed by atoms with Crippen LogP contribution in [-0.2, 0) is 0 Å². The number of rotatable bonds is 3. The van der Waals surface area contributed by atoms with E-state index in [4.69, 9.17) is 4.74 Å². The molecule has 2 nitrogen and oxygen atoms in total. The zero-order chi connectivity index (χ0) is 18.0. The maximum atomic E-state index is 14.4. The Morgan fingerprint density at radius 2 is 1.32 bits per heavy atom. The van der Waals surface area contributed by atoms with E-state index < -0.39 is 23.2 Å². The molecule has 0 saturated carbocycles. The first-order valence-corrected chi connectivity index (χ1v) is 7.79. The Hall–Kier alpha value is -3.01. The van der Waals surface area contributed by atoms with Gasteiger partial charge in [-0.25, -0.2) is 13.6 Å². The quantitative estimate of drug-likeness (QED) is 0.468. The van der Waals surface area contributed by atoms with Gasteiger partial charge in [0.05, 0.1) is 5.56 Å². The lowest BCUT2D eigenvalue weighted by atomic mass is 10.0. The summed E-state index contributed by atoms with van der Waals surface area (Å²) in [5.41, 5.74) is 2.22. The molecule has 0 aromatic heterocycles. The van der Waals surface area contributed by atoms with Crippen molar-refractivity contribution in [1.82, 2.24) is 0 Å². The van der Waals surface area contributed by atoms with Crippen LogP contribution in [0, 0.1) is 25.5 Å². The molecule has 0 aliphatic rings. The largest absolute Gasteiger partial charge is 0.423 e. The molecule has 3 rings (SSSR count). The molecular weight excluding hydrogens is 322 g/mol. The Morgan fingerprint density at radius 3 is 1.92 bits per heavy atom. The second-order valence-electron chi connectivity index (χ2n) is 5.86. The van der Waals surface area contributed by atoms with Gasteiger partial charge >= 0.3 is 5.97 Å². The van der Waals surface area contributed by atoms with Crippen LogP contribution in [0.2, 0.25) is 0 Å². The smallest absolute Gasteiger partial charge is 0.346 e. The summed E-state index contributed by atoms with van der Waals surface area (Å²) in [6, 6.07) is 16.4. The van der Waals surface area contributed by atoms with Crippen molar-refractivity contribution in [3.8, 4) is 16.9 Å². The van der Waals surface area contributed by atoms with Crippen molar-refractivity contribution in [1.29, 1.82) is 0 Å². The van der Waals surface area contributed by atoms with Crippen molar-refractivity contribution >= 4 is 5.97 Å². The average molecular weight is 338 g/mol. The van der Waals surface area contributed by atoms with Crippen molar-refractivity contribution in [2.75, 3.05) is 0 Å². The van der Waals surface area contributed by atoms with Gasteiger partial charge in [-0.05, 0) is 37.6 Å². The van der Waals surface area contributed by atoms with Gasteiger partial charge in [-0.2, -0.15) is 0 Å². The zero-order valence-electron chi connectivity index (χ0n) is 13.8. The summed E-state index contributed by atoms with van der Waals surface area (Å²) in [6.45, 7) is 3.80. The minimum Gasteiger partial charge on any atom is -0.423 e. The molecule has 126 valence electrons. The molecule has 3 aromatic rings. The fraction of sp³-hybridized carbons (Fsp3) is 0.0952. The van der Waals surface area contributed by atoms with Crippen LogP contribution in [0.4, 0.5) is 8.78 Å². The molecule has 3 aromatic carbocycles. The predicted molar refractivity (Wildman–Crippen MR) is 92.7 cm³/mol.